The van der Waals surface area contributed by atoms with Crippen molar-refractivity contribution >= 4 is 39.9 Å². The fraction of sp³-hybridized carbons (Fsp3) is 0.0833. The lowest BCUT2D eigenvalue weighted by Gasteiger charge is -2.06. The maximum Gasteiger partial charge on any atom is 0.255 e. The van der Waals surface area contributed by atoms with Crippen molar-refractivity contribution in [2.75, 3.05) is 5.32 Å². The number of hydrogen-bond acceptors (Lipinski definition) is 3. The second kappa shape index (κ2) is 7.57. The topological polar surface area (TPSA) is 59.3 Å². The monoisotopic (exact) mass is 403 g/mol. The number of amides is 1. The first-order valence-electron chi connectivity index (χ1n) is 9.14. The van der Waals surface area contributed by atoms with Gasteiger partial charge in [0.15, 0.2) is 5.76 Å². The first-order chi connectivity index (χ1) is 13.9. The SMILES string of the molecule is Cc1cccc(C(=O)Nc2ccc3oc(C(=O)c4ccc(Cl)cc4)c(C)c3c2)c1. The summed E-state index contributed by atoms with van der Waals surface area (Å²) in [6, 6.07) is 19.4. The van der Waals surface area contributed by atoms with Crippen molar-refractivity contribution in [3.8, 4) is 0 Å². The number of carbonyl (C=O) groups excluding carboxylic acids is 2. The molecule has 3 aromatic carbocycles. The largest absolute Gasteiger partial charge is 0.452 e. The average Bonchev–Trinajstić information content (AvgIpc) is 3.04. The van der Waals surface area contributed by atoms with Crippen molar-refractivity contribution in [3.05, 3.63) is 99.8 Å². The number of hydrogen-bond donors (Lipinski definition) is 1. The number of nitrogens with one attached hydrogen (secondary N) is 1. The molecule has 4 rings (SSSR count). The zero-order chi connectivity index (χ0) is 20.5. The molecule has 0 aliphatic heterocycles. The summed E-state index contributed by atoms with van der Waals surface area (Å²) < 4.78 is 5.81. The van der Waals surface area contributed by atoms with Crippen LogP contribution in [0, 0.1) is 13.8 Å². The van der Waals surface area contributed by atoms with Gasteiger partial charge in [-0.3, -0.25) is 9.59 Å². The summed E-state index contributed by atoms with van der Waals surface area (Å²) in [6.45, 7) is 3.78. The van der Waals surface area contributed by atoms with E-state index < -0.39 is 0 Å². The van der Waals surface area contributed by atoms with Crippen LogP contribution in [0.3, 0.4) is 0 Å². The molecule has 1 heterocycles. The van der Waals surface area contributed by atoms with Crippen molar-refractivity contribution in [2.24, 2.45) is 0 Å². The Kier molecular flexibility index (Phi) is 4.95. The van der Waals surface area contributed by atoms with E-state index in [1.807, 2.05) is 38.1 Å². The van der Waals surface area contributed by atoms with E-state index in [0.717, 1.165) is 16.5 Å². The van der Waals surface area contributed by atoms with Crippen LogP contribution >= 0.6 is 11.6 Å². The number of halogens is 1. The highest BCUT2D eigenvalue weighted by molar-refractivity contribution is 6.30. The van der Waals surface area contributed by atoms with Gasteiger partial charge in [0.1, 0.15) is 5.58 Å². The van der Waals surface area contributed by atoms with Crippen molar-refractivity contribution < 1.29 is 14.0 Å². The number of benzene rings is 3. The zero-order valence-corrected chi connectivity index (χ0v) is 16.7. The molecule has 0 saturated heterocycles. The third-order valence-corrected chi connectivity index (χ3v) is 5.04. The minimum absolute atomic E-state index is 0.188. The van der Waals surface area contributed by atoms with Gasteiger partial charge in [-0.2, -0.15) is 0 Å². The highest BCUT2D eigenvalue weighted by Crippen LogP contribution is 2.30. The van der Waals surface area contributed by atoms with E-state index in [2.05, 4.69) is 5.32 Å². The van der Waals surface area contributed by atoms with Gasteiger partial charge >= 0.3 is 0 Å². The van der Waals surface area contributed by atoms with E-state index in [1.165, 1.54) is 0 Å². The summed E-state index contributed by atoms with van der Waals surface area (Å²) in [7, 11) is 0. The Morgan fingerprint density at radius 3 is 2.38 bits per heavy atom. The molecule has 5 heteroatoms. The van der Waals surface area contributed by atoms with Crippen molar-refractivity contribution in [2.45, 2.75) is 13.8 Å². The number of fused-ring (bicyclic) bond motifs is 1. The maximum atomic E-state index is 12.8. The summed E-state index contributed by atoms with van der Waals surface area (Å²) in [5, 5.41) is 4.25. The Morgan fingerprint density at radius 1 is 0.897 bits per heavy atom. The molecule has 4 aromatic rings. The van der Waals surface area contributed by atoms with Crippen molar-refractivity contribution in [1.82, 2.24) is 0 Å². The van der Waals surface area contributed by atoms with E-state index in [4.69, 9.17) is 16.0 Å². The summed E-state index contributed by atoms with van der Waals surface area (Å²) in [4.78, 5) is 25.3. The molecule has 0 bridgehead atoms. The van der Waals surface area contributed by atoms with Crippen molar-refractivity contribution in [3.63, 3.8) is 0 Å². The highest BCUT2D eigenvalue weighted by atomic mass is 35.5. The van der Waals surface area contributed by atoms with Crippen LogP contribution in [0.15, 0.2) is 71.1 Å². The number of carbonyl (C=O) groups is 2. The lowest BCUT2D eigenvalue weighted by Crippen LogP contribution is -2.11. The van der Waals surface area contributed by atoms with Gasteiger partial charge in [-0.25, -0.2) is 0 Å². The molecule has 0 spiro atoms. The fourth-order valence-electron chi connectivity index (χ4n) is 3.24. The lowest BCUT2D eigenvalue weighted by atomic mass is 10.0. The lowest BCUT2D eigenvalue weighted by molar-refractivity contribution is 0.101. The van der Waals surface area contributed by atoms with Gasteiger partial charge in [0.05, 0.1) is 0 Å². The average molecular weight is 404 g/mol. The Labute approximate surface area is 173 Å². The second-order valence-corrected chi connectivity index (χ2v) is 7.36. The van der Waals surface area contributed by atoms with Crippen LogP contribution < -0.4 is 5.32 Å². The van der Waals surface area contributed by atoms with Crippen LogP contribution in [-0.2, 0) is 0 Å². The van der Waals surface area contributed by atoms with Crippen LogP contribution in [0.5, 0.6) is 0 Å². The number of rotatable bonds is 4. The fourth-order valence-corrected chi connectivity index (χ4v) is 3.36. The number of furan rings is 1. The molecule has 1 aromatic heterocycles. The second-order valence-electron chi connectivity index (χ2n) is 6.93. The Bertz CT molecular complexity index is 1240. The summed E-state index contributed by atoms with van der Waals surface area (Å²) in [5.41, 5.74) is 4.07. The van der Waals surface area contributed by atoms with Crippen LogP contribution in [0.2, 0.25) is 5.02 Å². The van der Waals surface area contributed by atoms with Gasteiger partial charge in [0.2, 0.25) is 5.78 Å². The maximum absolute atomic E-state index is 12.8. The van der Waals surface area contributed by atoms with Gasteiger partial charge in [0.25, 0.3) is 5.91 Å². The third-order valence-electron chi connectivity index (χ3n) is 4.79. The normalized spacial score (nSPS) is 10.9. The van der Waals surface area contributed by atoms with Crippen LogP contribution in [0.4, 0.5) is 5.69 Å². The predicted octanol–water partition coefficient (Wildman–Crippen LogP) is 6.19. The number of anilines is 1. The quantitative estimate of drug-likeness (QED) is 0.413. The minimum Gasteiger partial charge on any atom is -0.452 e. The van der Waals surface area contributed by atoms with Gasteiger partial charge in [-0.05, 0) is 68.4 Å². The molecule has 0 atom stereocenters. The summed E-state index contributed by atoms with van der Waals surface area (Å²) in [6.07, 6.45) is 0. The Hall–Kier alpha value is -3.37. The van der Waals surface area contributed by atoms with E-state index >= 15 is 0 Å². The molecule has 0 unspecified atom stereocenters. The molecule has 0 radical (unpaired) electrons. The van der Waals surface area contributed by atoms with Crippen LogP contribution in [-0.4, -0.2) is 11.7 Å². The molecular weight excluding hydrogens is 386 g/mol. The molecule has 0 aliphatic carbocycles. The number of ketones is 1. The van der Waals surface area contributed by atoms with Crippen LogP contribution in [0.25, 0.3) is 11.0 Å². The Balaban J connectivity index is 1.64. The summed E-state index contributed by atoms with van der Waals surface area (Å²) in [5.74, 6) is -0.114. The van der Waals surface area contributed by atoms with Crippen molar-refractivity contribution in [1.29, 1.82) is 0 Å². The summed E-state index contributed by atoms with van der Waals surface area (Å²) >= 11 is 5.90. The third kappa shape index (κ3) is 3.80. The molecule has 4 nitrogen and oxygen atoms in total. The molecule has 1 N–H and O–H groups in total. The van der Waals surface area contributed by atoms with Gasteiger partial charge in [-0.1, -0.05) is 29.3 Å². The highest BCUT2D eigenvalue weighted by Gasteiger charge is 2.20. The van der Waals surface area contributed by atoms with Gasteiger partial charge in [0, 0.05) is 32.8 Å². The predicted molar refractivity (Wildman–Crippen MR) is 115 cm³/mol. The van der Waals surface area contributed by atoms with E-state index in [9.17, 15) is 9.59 Å². The van der Waals surface area contributed by atoms with Crippen LogP contribution in [0.1, 0.15) is 37.6 Å². The molecule has 0 fully saturated rings. The molecule has 144 valence electrons. The smallest absolute Gasteiger partial charge is 0.255 e. The van der Waals surface area contributed by atoms with E-state index in [1.54, 1.807) is 42.5 Å². The molecule has 0 saturated carbocycles. The van der Waals surface area contributed by atoms with E-state index in [-0.39, 0.29) is 17.5 Å². The molecule has 1 amide bonds. The molecular formula is C24H18ClNO3. The van der Waals surface area contributed by atoms with Gasteiger partial charge < -0.3 is 9.73 Å². The first-order valence-corrected chi connectivity index (χ1v) is 9.51. The zero-order valence-electron chi connectivity index (χ0n) is 16.0. The van der Waals surface area contributed by atoms with Gasteiger partial charge in [-0.15, -0.1) is 0 Å². The number of aryl methyl sites for hydroxylation is 2. The van der Waals surface area contributed by atoms with E-state index in [0.29, 0.717) is 27.4 Å². The molecule has 29 heavy (non-hydrogen) atoms. The Morgan fingerprint density at radius 2 is 1.66 bits per heavy atom. The minimum atomic E-state index is -0.208. The molecule has 0 aliphatic rings. The first kappa shape index (κ1) is 19.0. The standard InChI is InChI=1S/C24H18ClNO3/c1-14-4-3-5-17(12-14)24(28)26-19-10-11-21-20(13-19)15(2)23(29-21)22(27)16-6-8-18(25)9-7-16/h3-13H,1-2H3,(H,26,28).